The van der Waals surface area contributed by atoms with Gasteiger partial charge in [-0.3, -0.25) is 4.90 Å². The molecule has 0 radical (unpaired) electrons. The highest BCUT2D eigenvalue weighted by atomic mass is 32.1. The summed E-state index contributed by atoms with van der Waals surface area (Å²) in [5, 5.41) is 0. The molecule has 2 N–H and O–H groups in total. The topological polar surface area (TPSA) is 29.3 Å². The van der Waals surface area contributed by atoms with Gasteiger partial charge in [0.1, 0.15) is 0 Å². The molecule has 0 aromatic heterocycles. The van der Waals surface area contributed by atoms with E-state index in [0.717, 1.165) is 25.0 Å². The number of hydrogen-bond acceptors (Lipinski definition) is 2. The molecule has 1 atom stereocenters. The second kappa shape index (κ2) is 7.23. The SMILES string of the molecule is CCCC(C)CN(CC(N)=S)C1CCCC1. The Morgan fingerprint density at radius 3 is 2.56 bits per heavy atom. The zero-order chi connectivity index (χ0) is 12.0. The predicted octanol–water partition coefficient (Wildman–Crippen LogP) is 2.95. The van der Waals surface area contributed by atoms with Crippen molar-refractivity contribution in [3.63, 3.8) is 0 Å². The fourth-order valence-corrected chi connectivity index (χ4v) is 2.96. The minimum absolute atomic E-state index is 0.649. The standard InChI is InChI=1S/C13H26N2S/c1-3-6-11(2)9-15(10-13(14)16)12-7-4-5-8-12/h11-12H,3-10H2,1-2H3,(H2,14,16). The lowest BCUT2D eigenvalue weighted by atomic mass is 10.0. The Hall–Kier alpha value is -0.150. The summed E-state index contributed by atoms with van der Waals surface area (Å²) < 4.78 is 0. The van der Waals surface area contributed by atoms with E-state index in [9.17, 15) is 0 Å². The van der Waals surface area contributed by atoms with Crippen LogP contribution in [0.15, 0.2) is 0 Å². The van der Waals surface area contributed by atoms with Crippen molar-refractivity contribution in [1.29, 1.82) is 0 Å². The van der Waals surface area contributed by atoms with Crippen molar-refractivity contribution in [3.8, 4) is 0 Å². The van der Waals surface area contributed by atoms with Crippen LogP contribution in [0.5, 0.6) is 0 Å². The monoisotopic (exact) mass is 242 g/mol. The maximum Gasteiger partial charge on any atom is 0.0870 e. The Balaban J connectivity index is 2.45. The Morgan fingerprint density at radius 1 is 1.44 bits per heavy atom. The number of hydrogen-bond donors (Lipinski definition) is 1. The maximum absolute atomic E-state index is 5.70. The Bertz CT molecular complexity index is 212. The summed E-state index contributed by atoms with van der Waals surface area (Å²) in [7, 11) is 0. The van der Waals surface area contributed by atoms with Gasteiger partial charge in [0.15, 0.2) is 0 Å². The van der Waals surface area contributed by atoms with Gasteiger partial charge in [0.05, 0.1) is 4.99 Å². The van der Waals surface area contributed by atoms with Crippen LogP contribution in [0.1, 0.15) is 52.4 Å². The summed E-state index contributed by atoms with van der Waals surface area (Å²) in [6.45, 7) is 6.57. The maximum atomic E-state index is 5.70. The van der Waals surface area contributed by atoms with Gasteiger partial charge >= 0.3 is 0 Å². The number of nitrogens with zero attached hydrogens (tertiary/aromatic N) is 1. The lowest BCUT2D eigenvalue weighted by Crippen LogP contribution is -2.41. The average molecular weight is 242 g/mol. The van der Waals surface area contributed by atoms with E-state index in [2.05, 4.69) is 18.7 Å². The van der Waals surface area contributed by atoms with Gasteiger partial charge in [0.2, 0.25) is 0 Å². The first-order valence-corrected chi connectivity index (χ1v) is 7.06. The minimum Gasteiger partial charge on any atom is -0.392 e. The fraction of sp³-hybridized carbons (Fsp3) is 0.923. The van der Waals surface area contributed by atoms with Crippen molar-refractivity contribution in [1.82, 2.24) is 4.90 Å². The highest BCUT2D eigenvalue weighted by molar-refractivity contribution is 7.80. The Kier molecular flexibility index (Phi) is 6.29. The molecule has 1 unspecified atom stereocenters. The first kappa shape index (κ1) is 13.9. The molecule has 0 aliphatic heterocycles. The van der Waals surface area contributed by atoms with Crippen LogP contribution < -0.4 is 5.73 Å². The fourth-order valence-electron chi connectivity index (χ4n) is 2.80. The molecule has 2 nitrogen and oxygen atoms in total. The molecule has 0 heterocycles. The molecule has 0 amide bonds. The minimum atomic E-state index is 0.649. The van der Waals surface area contributed by atoms with Crippen LogP contribution in [0, 0.1) is 5.92 Å². The molecule has 94 valence electrons. The van der Waals surface area contributed by atoms with Gasteiger partial charge < -0.3 is 5.73 Å². The molecule has 1 saturated carbocycles. The number of rotatable bonds is 7. The molecule has 16 heavy (non-hydrogen) atoms. The van der Waals surface area contributed by atoms with Gasteiger partial charge in [-0.25, -0.2) is 0 Å². The van der Waals surface area contributed by atoms with E-state index < -0.39 is 0 Å². The van der Waals surface area contributed by atoms with Gasteiger partial charge in [-0.05, 0) is 25.2 Å². The molecule has 0 spiro atoms. The summed E-state index contributed by atoms with van der Waals surface area (Å²) in [6, 6.07) is 0.737. The molecule has 0 saturated heterocycles. The smallest absolute Gasteiger partial charge is 0.0870 e. The third-order valence-corrected chi connectivity index (χ3v) is 3.66. The zero-order valence-corrected chi connectivity index (χ0v) is 11.6. The summed E-state index contributed by atoms with van der Waals surface area (Å²) in [5.41, 5.74) is 5.70. The summed E-state index contributed by atoms with van der Waals surface area (Å²) >= 11 is 5.06. The normalized spacial score (nSPS) is 19.2. The van der Waals surface area contributed by atoms with Crippen LogP contribution in [0.3, 0.4) is 0 Å². The average Bonchev–Trinajstić information content (AvgIpc) is 2.68. The van der Waals surface area contributed by atoms with Crippen molar-refractivity contribution in [2.75, 3.05) is 13.1 Å². The van der Waals surface area contributed by atoms with Crippen LogP contribution in [-0.2, 0) is 0 Å². The molecule has 0 aromatic rings. The molecule has 0 aromatic carbocycles. The summed E-state index contributed by atoms with van der Waals surface area (Å²) in [5.74, 6) is 0.764. The molecule has 1 aliphatic rings. The second-order valence-corrected chi connectivity index (χ2v) is 5.75. The van der Waals surface area contributed by atoms with Crippen molar-refractivity contribution in [2.24, 2.45) is 11.7 Å². The predicted molar refractivity (Wildman–Crippen MR) is 74.7 cm³/mol. The zero-order valence-electron chi connectivity index (χ0n) is 10.7. The van der Waals surface area contributed by atoms with Gasteiger partial charge in [-0.2, -0.15) is 0 Å². The number of nitrogens with two attached hydrogens (primary N) is 1. The van der Waals surface area contributed by atoms with Crippen molar-refractivity contribution in [3.05, 3.63) is 0 Å². The lowest BCUT2D eigenvalue weighted by molar-refractivity contribution is 0.193. The van der Waals surface area contributed by atoms with Crippen LogP contribution in [0.25, 0.3) is 0 Å². The van der Waals surface area contributed by atoms with Crippen molar-refractivity contribution in [2.45, 2.75) is 58.4 Å². The first-order chi connectivity index (χ1) is 7.63. The second-order valence-electron chi connectivity index (χ2n) is 5.23. The van der Waals surface area contributed by atoms with Gasteiger partial charge in [0, 0.05) is 19.1 Å². The third-order valence-electron chi connectivity index (χ3n) is 3.53. The molecule has 1 rings (SSSR count). The van der Waals surface area contributed by atoms with Crippen LogP contribution >= 0.6 is 12.2 Å². The van der Waals surface area contributed by atoms with Gasteiger partial charge in [0.25, 0.3) is 0 Å². The van der Waals surface area contributed by atoms with Crippen LogP contribution in [-0.4, -0.2) is 29.0 Å². The van der Waals surface area contributed by atoms with E-state index in [1.165, 1.54) is 38.5 Å². The number of thiocarbonyl (C=S) groups is 1. The van der Waals surface area contributed by atoms with E-state index in [1.807, 2.05) is 0 Å². The molecule has 0 bridgehead atoms. The molecule has 3 heteroatoms. The highest BCUT2D eigenvalue weighted by Crippen LogP contribution is 2.24. The molecular weight excluding hydrogens is 216 g/mol. The largest absolute Gasteiger partial charge is 0.392 e. The van der Waals surface area contributed by atoms with Crippen molar-refractivity contribution >= 4 is 17.2 Å². The molecule has 1 fully saturated rings. The molecular formula is C13H26N2S. The summed E-state index contributed by atoms with van der Waals surface area (Å²) in [4.78, 5) is 3.17. The van der Waals surface area contributed by atoms with Crippen LogP contribution in [0.4, 0.5) is 0 Å². The van der Waals surface area contributed by atoms with E-state index in [4.69, 9.17) is 18.0 Å². The Morgan fingerprint density at radius 2 is 2.06 bits per heavy atom. The lowest BCUT2D eigenvalue weighted by Gasteiger charge is -2.30. The van der Waals surface area contributed by atoms with Crippen LogP contribution in [0.2, 0.25) is 0 Å². The van der Waals surface area contributed by atoms with Gasteiger partial charge in [-0.1, -0.05) is 45.3 Å². The highest BCUT2D eigenvalue weighted by Gasteiger charge is 2.23. The molecule has 1 aliphatic carbocycles. The van der Waals surface area contributed by atoms with E-state index >= 15 is 0 Å². The van der Waals surface area contributed by atoms with E-state index in [1.54, 1.807) is 0 Å². The summed E-state index contributed by atoms with van der Waals surface area (Å²) in [6.07, 6.45) is 8.00. The van der Waals surface area contributed by atoms with E-state index in [-0.39, 0.29) is 0 Å². The third kappa shape index (κ3) is 4.79. The first-order valence-electron chi connectivity index (χ1n) is 6.65. The van der Waals surface area contributed by atoms with Gasteiger partial charge in [-0.15, -0.1) is 0 Å². The Labute approximate surface area is 106 Å². The quantitative estimate of drug-likeness (QED) is 0.696. The van der Waals surface area contributed by atoms with Crippen molar-refractivity contribution < 1.29 is 0 Å². The van der Waals surface area contributed by atoms with E-state index in [0.29, 0.717) is 4.99 Å².